The third-order valence-electron chi connectivity index (χ3n) is 2.31. The number of carbonyl (C=O) groups excluding carboxylic acids is 2. The van der Waals surface area contributed by atoms with Gasteiger partial charge in [0.05, 0.1) is 6.61 Å². The van der Waals surface area contributed by atoms with E-state index in [-0.39, 0.29) is 12.2 Å². The molecule has 0 unspecified atom stereocenters. The van der Waals surface area contributed by atoms with E-state index < -0.39 is 41.9 Å². The van der Waals surface area contributed by atoms with Gasteiger partial charge in [-0.05, 0) is 19.1 Å². The number of alkyl halides is 3. The van der Waals surface area contributed by atoms with E-state index in [0.717, 1.165) is 12.1 Å². The molecule has 0 heterocycles. The van der Waals surface area contributed by atoms with Gasteiger partial charge in [0.15, 0.2) is 6.61 Å². The molecular formula is C14H12F4O5. The van der Waals surface area contributed by atoms with Gasteiger partial charge in [0.2, 0.25) is 0 Å². The molecule has 1 N–H and O–H groups in total. The highest BCUT2D eigenvalue weighted by Crippen LogP contribution is 2.23. The van der Waals surface area contributed by atoms with Crippen molar-refractivity contribution in [3.05, 3.63) is 35.7 Å². The van der Waals surface area contributed by atoms with Gasteiger partial charge in [0.25, 0.3) is 5.78 Å². The first-order chi connectivity index (χ1) is 10.6. The van der Waals surface area contributed by atoms with E-state index >= 15 is 0 Å². The van der Waals surface area contributed by atoms with Crippen LogP contribution in [0.3, 0.4) is 0 Å². The summed E-state index contributed by atoms with van der Waals surface area (Å²) >= 11 is 0. The Kier molecular flexibility index (Phi) is 6.11. The zero-order valence-corrected chi connectivity index (χ0v) is 11.8. The normalized spacial score (nSPS) is 12.0. The van der Waals surface area contributed by atoms with Crippen molar-refractivity contribution in [3.8, 4) is 5.75 Å². The zero-order chi connectivity index (χ0) is 17.6. The molecule has 0 fully saturated rings. The largest absolute Gasteiger partial charge is 0.507 e. The Morgan fingerprint density at radius 1 is 1.26 bits per heavy atom. The third-order valence-corrected chi connectivity index (χ3v) is 2.31. The second-order valence-electron chi connectivity index (χ2n) is 4.19. The number of ketones is 1. The molecule has 1 aromatic rings. The Balaban J connectivity index is 2.96. The fourth-order valence-electron chi connectivity index (χ4n) is 1.43. The monoisotopic (exact) mass is 336 g/mol. The van der Waals surface area contributed by atoms with Crippen LogP contribution in [-0.2, 0) is 14.3 Å². The fraction of sp³-hybridized carbons (Fsp3) is 0.286. The smallest absolute Gasteiger partial charge is 0.422 e. The van der Waals surface area contributed by atoms with Crippen LogP contribution in [0.2, 0.25) is 0 Å². The van der Waals surface area contributed by atoms with E-state index in [4.69, 9.17) is 0 Å². The molecule has 9 heteroatoms. The van der Waals surface area contributed by atoms with Crippen LogP contribution in [0, 0.1) is 5.82 Å². The van der Waals surface area contributed by atoms with Crippen molar-refractivity contribution in [1.29, 1.82) is 0 Å². The molecule has 0 aliphatic carbocycles. The molecule has 126 valence electrons. The predicted octanol–water partition coefficient (Wildman–Crippen LogP) is 2.80. The number of hydrogen-bond acceptors (Lipinski definition) is 5. The lowest BCUT2D eigenvalue weighted by Gasteiger charge is -2.10. The van der Waals surface area contributed by atoms with Gasteiger partial charge in [-0.15, -0.1) is 0 Å². The number of esters is 1. The van der Waals surface area contributed by atoms with Crippen LogP contribution >= 0.6 is 0 Å². The summed E-state index contributed by atoms with van der Waals surface area (Å²) in [4.78, 5) is 22.5. The zero-order valence-electron chi connectivity index (χ0n) is 11.8. The van der Waals surface area contributed by atoms with E-state index in [2.05, 4.69) is 9.47 Å². The molecule has 1 aromatic carbocycles. The standard InChI is InChI=1S/C14H12F4O5/c1-2-22-13(21)12(20)6-11(19)8-3-9(15)5-10(4-8)23-7-14(16,17)18/h3-6,19H,2,7H2,1H3. The van der Waals surface area contributed by atoms with E-state index in [1.54, 1.807) is 0 Å². The molecule has 0 aliphatic rings. The summed E-state index contributed by atoms with van der Waals surface area (Å²) in [6.07, 6.45) is -4.15. The summed E-state index contributed by atoms with van der Waals surface area (Å²) in [6.45, 7) is -0.248. The molecule has 1 rings (SSSR count). The molecule has 0 aromatic heterocycles. The van der Waals surface area contributed by atoms with Crippen LogP contribution in [0.4, 0.5) is 17.6 Å². The predicted molar refractivity (Wildman–Crippen MR) is 70.2 cm³/mol. The molecule has 0 spiro atoms. The molecule has 0 atom stereocenters. The van der Waals surface area contributed by atoms with Gasteiger partial charge in [-0.25, -0.2) is 9.18 Å². The van der Waals surface area contributed by atoms with Crippen molar-refractivity contribution >= 4 is 17.5 Å². The first-order valence-electron chi connectivity index (χ1n) is 6.24. The second-order valence-corrected chi connectivity index (χ2v) is 4.19. The fourth-order valence-corrected chi connectivity index (χ4v) is 1.43. The van der Waals surface area contributed by atoms with Crippen molar-refractivity contribution in [3.63, 3.8) is 0 Å². The van der Waals surface area contributed by atoms with Gasteiger partial charge in [-0.3, -0.25) is 4.79 Å². The second kappa shape index (κ2) is 7.61. The van der Waals surface area contributed by atoms with Crippen LogP contribution in [-0.4, -0.2) is 36.2 Å². The number of carbonyl (C=O) groups is 2. The highest BCUT2D eigenvalue weighted by molar-refractivity contribution is 6.39. The van der Waals surface area contributed by atoms with Crippen molar-refractivity contribution in [1.82, 2.24) is 0 Å². The lowest BCUT2D eigenvalue weighted by molar-refractivity contribution is -0.153. The van der Waals surface area contributed by atoms with Crippen LogP contribution < -0.4 is 4.74 Å². The minimum Gasteiger partial charge on any atom is -0.507 e. The van der Waals surface area contributed by atoms with Gasteiger partial charge < -0.3 is 14.6 Å². The van der Waals surface area contributed by atoms with Gasteiger partial charge in [-0.1, -0.05) is 0 Å². The summed E-state index contributed by atoms with van der Waals surface area (Å²) in [5, 5.41) is 9.67. The van der Waals surface area contributed by atoms with Crippen molar-refractivity contribution in [2.24, 2.45) is 0 Å². The van der Waals surface area contributed by atoms with E-state index in [0.29, 0.717) is 12.1 Å². The third kappa shape index (κ3) is 6.37. The summed E-state index contributed by atoms with van der Waals surface area (Å²) < 4.78 is 58.3. The first kappa shape index (κ1) is 18.5. The first-order valence-corrected chi connectivity index (χ1v) is 6.24. The van der Waals surface area contributed by atoms with Crippen molar-refractivity contribution < 1.29 is 41.7 Å². The maximum absolute atomic E-state index is 13.3. The Bertz CT molecular complexity index is 622. The Morgan fingerprint density at radius 2 is 1.91 bits per heavy atom. The molecule has 0 radical (unpaired) electrons. The minimum atomic E-state index is -4.62. The van der Waals surface area contributed by atoms with E-state index in [9.17, 15) is 32.3 Å². The molecule has 0 aliphatic heterocycles. The lowest BCUT2D eigenvalue weighted by Crippen LogP contribution is -2.19. The van der Waals surface area contributed by atoms with Gasteiger partial charge in [0.1, 0.15) is 17.3 Å². The number of aliphatic hydroxyl groups is 1. The number of aliphatic hydroxyl groups excluding tert-OH is 1. The Hall–Kier alpha value is -2.58. The summed E-state index contributed by atoms with van der Waals surface area (Å²) in [5.41, 5.74) is -0.333. The molecular weight excluding hydrogens is 324 g/mol. The highest BCUT2D eigenvalue weighted by atomic mass is 19.4. The number of benzene rings is 1. The molecule has 0 amide bonds. The van der Waals surface area contributed by atoms with Crippen molar-refractivity contribution in [2.45, 2.75) is 13.1 Å². The minimum absolute atomic E-state index is 0.0609. The quantitative estimate of drug-likeness (QED) is 0.284. The Labute approximate surface area is 128 Å². The van der Waals surface area contributed by atoms with Crippen LogP contribution in [0.15, 0.2) is 24.3 Å². The SMILES string of the molecule is CCOC(=O)C(=O)C=C(O)c1cc(F)cc(OCC(F)(F)F)c1. The van der Waals surface area contributed by atoms with Crippen LogP contribution in [0.25, 0.3) is 5.76 Å². The molecule has 0 saturated carbocycles. The number of rotatable bonds is 6. The van der Waals surface area contributed by atoms with Crippen LogP contribution in [0.5, 0.6) is 5.75 Å². The summed E-state index contributed by atoms with van der Waals surface area (Å²) in [5.74, 6) is -4.75. The maximum Gasteiger partial charge on any atom is 0.422 e. The van der Waals surface area contributed by atoms with Crippen LogP contribution in [0.1, 0.15) is 12.5 Å². The van der Waals surface area contributed by atoms with Gasteiger partial charge in [-0.2, -0.15) is 13.2 Å². The lowest BCUT2D eigenvalue weighted by atomic mass is 10.1. The van der Waals surface area contributed by atoms with Gasteiger partial charge >= 0.3 is 12.1 Å². The Morgan fingerprint density at radius 3 is 2.48 bits per heavy atom. The topological polar surface area (TPSA) is 72.8 Å². The van der Waals surface area contributed by atoms with Crippen molar-refractivity contribution in [2.75, 3.05) is 13.2 Å². The molecule has 5 nitrogen and oxygen atoms in total. The molecule has 0 saturated heterocycles. The van der Waals surface area contributed by atoms with E-state index in [1.165, 1.54) is 6.92 Å². The number of hydrogen-bond donors (Lipinski definition) is 1. The number of halogens is 4. The average molecular weight is 336 g/mol. The van der Waals surface area contributed by atoms with Gasteiger partial charge in [0, 0.05) is 17.7 Å². The van der Waals surface area contributed by atoms with E-state index in [1.807, 2.05) is 0 Å². The maximum atomic E-state index is 13.3. The molecule has 0 bridgehead atoms. The highest BCUT2D eigenvalue weighted by Gasteiger charge is 2.28. The average Bonchev–Trinajstić information content (AvgIpc) is 2.44. The summed E-state index contributed by atoms with van der Waals surface area (Å²) in [7, 11) is 0. The molecule has 23 heavy (non-hydrogen) atoms. The summed E-state index contributed by atoms with van der Waals surface area (Å²) in [6, 6.07) is 2.32. The number of ether oxygens (including phenoxy) is 2.